The van der Waals surface area contributed by atoms with Gasteiger partial charge in [0.05, 0.1) is 5.69 Å². The lowest BCUT2D eigenvalue weighted by atomic mass is 10.0. The Hall–Kier alpha value is -2.34. The SMILES string of the molecule is CCC(c1ccccc1)N1CCN(C(=NC)NCCc2c(C)nn(C)c2C)CC1. The number of rotatable bonds is 6. The van der Waals surface area contributed by atoms with Crippen LogP contribution in [-0.4, -0.2) is 65.3 Å². The fourth-order valence-corrected chi connectivity index (χ4v) is 4.44. The zero-order chi connectivity index (χ0) is 20.8. The Balaban J connectivity index is 1.52. The van der Waals surface area contributed by atoms with Crippen LogP contribution in [-0.2, 0) is 13.5 Å². The van der Waals surface area contributed by atoms with Crippen LogP contribution in [0.2, 0.25) is 0 Å². The number of nitrogens with zero attached hydrogens (tertiary/aromatic N) is 5. The first-order chi connectivity index (χ1) is 14.0. The molecule has 1 aromatic carbocycles. The second-order valence-electron chi connectivity index (χ2n) is 7.85. The summed E-state index contributed by atoms with van der Waals surface area (Å²) >= 11 is 0. The molecule has 1 aromatic heterocycles. The Morgan fingerprint density at radius 2 is 1.83 bits per heavy atom. The Labute approximate surface area is 175 Å². The smallest absolute Gasteiger partial charge is 0.193 e. The van der Waals surface area contributed by atoms with Crippen molar-refractivity contribution < 1.29 is 0 Å². The maximum atomic E-state index is 4.53. The van der Waals surface area contributed by atoms with Gasteiger partial charge in [0.2, 0.25) is 0 Å². The molecule has 0 spiro atoms. The van der Waals surface area contributed by atoms with E-state index >= 15 is 0 Å². The topological polar surface area (TPSA) is 48.7 Å². The van der Waals surface area contributed by atoms with Gasteiger partial charge in [-0.25, -0.2) is 0 Å². The second-order valence-corrected chi connectivity index (χ2v) is 7.85. The maximum Gasteiger partial charge on any atom is 0.193 e. The van der Waals surface area contributed by atoms with Crippen LogP contribution in [0.15, 0.2) is 35.3 Å². The van der Waals surface area contributed by atoms with Crippen LogP contribution in [0.25, 0.3) is 0 Å². The molecule has 1 unspecified atom stereocenters. The largest absolute Gasteiger partial charge is 0.356 e. The Bertz CT molecular complexity index is 802. The number of aryl methyl sites for hydroxylation is 2. The molecule has 1 N–H and O–H groups in total. The van der Waals surface area contributed by atoms with E-state index in [4.69, 9.17) is 0 Å². The van der Waals surface area contributed by atoms with E-state index in [-0.39, 0.29) is 0 Å². The van der Waals surface area contributed by atoms with Crippen molar-refractivity contribution in [3.05, 3.63) is 52.8 Å². The highest BCUT2D eigenvalue weighted by molar-refractivity contribution is 5.80. The molecule has 1 fully saturated rings. The number of benzene rings is 1. The molecule has 0 radical (unpaired) electrons. The van der Waals surface area contributed by atoms with Gasteiger partial charge in [0.1, 0.15) is 0 Å². The van der Waals surface area contributed by atoms with Crippen LogP contribution in [0.3, 0.4) is 0 Å². The first-order valence-electron chi connectivity index (χ1n) is 10.8. The molecule has 1 aliphatic heterocycles. The summed E-state index contributed by atoms with van der Waals surface area (Å²) in [5.41, 5.74) is 5.14. The third-order valence-corrected chi connectivity index (χ3v) is 6.15. The highest BCUT2D eigenvalue weighted by atomic mass is 15.3. The molecule has 1 aliphatic rings. The summed E-state index contributed by atoms with van der Waals surface area (Å²) in [4.78, 5) is 9.53. The number of nitrogens with one attached hydrogen (secondary N) is 1. The van der Waals surface area contributed by atoms with E-state index in [0.717, 1.165) is 57.2 Å². The van der Waals surface area contributed by atoms with Crippen molar-refractivity contribution in [3.63, 3.8) is 0 Å². The van der Waals surface area contributed by atoms with Gasteiger partial charge in [-0.15, -0.1) is 0 Å². The van der Waals surface area contributed by atoms with E-state index in [1.807, 2.05) is 18.8 Å². The van der Waals surface area contributed by atoms with Gasteiger partial charge in [-0.05, 0) is 37.8 Å². The van der Waals surface area contributed by atoms with Crippen LogP contribution in [0.1, 0.15) is 41.9 Å². The molecule has 6 nitrogen and oxygen atoms in total. The van der Waals surface area contributed by atoms with Gasteiger partial charge in [0.25, 0.3) is 0 Å². The normalized spacial score (nSPS) is 16.9. The lowest BCUT2D eigenvalue weighted by Crippen LogP contribution is -2.53. The molecular weight excluding hydrogens is 360 g/mol. The quantitative estimate of drug-likeness (QED) is 0.602. The number of hydrogen-bond acceptors (Lipinski definition) is 3. The third kappa shape index (κ3) is 4.99. The van der Waals surface area contributed by atoms with Gasteiger partial charge < -0.3 is 10.2 Å². The summed E-state index contributed by atoms with van der Waals surface area (Å²) < 4.78 is 1.97. The predicted molar refractivity (Wildman–Crippen MR) is 120 cm³/mol. The minimum absolute atomic E-state index is 0.504. The Kier molecular flexibility index (Phi) is 7.31. The van der Waals surface area contributed by atoms with E-state index < -0.39 is 0 Å². The van der Waals surface area contributed by atoms with Gasteiger partial charge >= 0.3 is 0 Å². The van der Waals surface area contributed by atoms with Crippen LogP contribution >= 0.6 is 0 Å². The maximum absolute atomic E-state index is 4.53. The molecule has 0 amide bonds. The average Bonchev–Trinajstić information content (AvgIpc) is 2.99. The minimum Gasteiger partial charge on any atom is -0.356 e. The molecule has 0 saturated carbocycles. The number of guanidine groups is 1. The zero-order valence-corrected chi connectivity index (χ0v) is 18.6. The monoisotopic (exact) mass is 396 g/mol. The summed E-state index contributed by atoms with van der Waals surface area (Å²) in [5.74, 6) is 1.01. The summed E-state index contributed by atoms with van der Waals surface area (Å²) in [5, 5.41) is 8.08. The van der Waals surface area contributed by atoms with E-state index in [1.165, 1.54) is 16.8 Å². The molecule has 3 rings (SSSR count). The van der Waals surface area contributed by atoms with Crippen LogP contribution < -0.4 is 5.32 Å². The highest BCUT2D eigenvalue weighted by Crippen LogP contribution is 2.25. The van der Waals surface area contributed by atoms with Crippen molar-refractivity contribution in [2.24, 2.45) is 12.0 Å². The van der Waals surface area contributed by atoms with Gasteiger partial charge in [-0.3, -0.25) is 14.6 Å². The molecule has 2 heterocycles. The molecule has 1 saturated heterocycles. The van der Waals surface area contributed by atoms with Gasteiger partial charge in [0, 0.05) is 58.6 Å². The van der Waals surface area contributed by atoms with E-state index in [1.54, 1.807) is 0 Å². The number of hydrogen-bond donors (Lipinski definition) is 1. The molecular formula is C23H36N6. The lowest BCUT2D eigenvalue weighted by Gasteiger charge is -2.40. The summed E-state index contributed by atoms with van der Waals surface area (Å²) in [6.45, 7) is 11.5. The summed E-state index contributed by atoms with van der Waals surface area (Å²) in [6.07, 6.45) is 2.11. The molecule has 0 aliphatic carbocycles. The summed E-state index contributed by atoms with van der Waals surface area (Å²) in [6, 6.07) is 11.4. The number of piperazine rings is 1. The van der Waals surface area contributed by atoms with Crippen molar-refractivity contribution in [2.75, 3.05) is 39.8 Å². The van der Waals surface area contributed by atoms with Crippen molar-refractivity contribution in [1.82, 2.24) is 24.9 Å². The molecule has 2 aromatic rings. The van der Waals surface area contributed by atoms with Crippen molar-refractivity contribution in [3.8, 4) is 0 Å². The van der Waals surface area contributed by atoms with Crippen LogP contribution in [0.4, 0.5) is 0 Å². The van der Waals surface area contributed by atoms with Crippen LogP contribution in [0, 0.1) is 13.8 Å². The summed E-state index contributed by atoms with van der Waals surface area (Å²) in [7, 11) is 3.89. The van der Waals surface area contributed by atoms with Gasteiger partial charge in [-0.2, -0.15) is 5.10 Å². The highest BCUT2D eigenvalue weighted by Gasteiger charge is 2.25. The third-order valence-electron chi connectivity index (χ3n) is 6.15. The van der Waals surface area contributed by atoms with Crippen molar-refractivity contribution >= 4 is 5.96 Å². The van der Waals surface area contributed by atoms with Gasteiger partial charge in [0.15, 0.2) is 5.96 Å². The number of aromatic nitrogens is 2. The number of aliphatic imine (C=N–C) groups is 1. The minimum atomic E-state index is 0.504. The van der Waals surface area contributed by atoms with Gasteiger partial charge in [-0.1, -0.05) is 37.3 Å². The van der Waals surface area contributed by atoms with Crippen molar-refractivity contribution in [1.29, 1.82) is 0 Å². The molecule has 1 atom stereocenters. The zero-order valence-electron chi connectivity index (χ0n) is 18.6. The fraction of sp³-hybridized carbons (Fsp3) is 0.565. The van der Waals surface area contributed by atoms with E-state index in [9.17, 15) is 0 Å². The Morgan fingerprint density at radius 1 is 1.14 bits per heavy atom. The predicted octanol–water partition coefficient (Wildman–Crippen LogP) is 2.92. The van der Waals surface area contributed by atoms with Crippen molar-refractivity contribution in [2.45, 2.75) is 39.7 Å². The molecule has 6 heteroatoms. The Morgan fingerprint density at radius 3 is 2.38 bits per heavy atom. The average molecular weight is 397 g/mol. The molecule has 29 heavy (non-hydrogen) atoms. The first-order valence-corrected chi connectivity index (χ1v) is 10.8. The molecule has 158 valence electrons. The van der Waals surface area contributed by atoms with E-state index in [0.29, 0.717) is 6.04 Å². The second kappa shape index (κ2) is 9.92. The first kappa shape index (κ1) is 21.4. The standard InChI is InChI=1S/C23H36N6/c1-6-22(20-10-8-7-9-11-20)28-14-16-29(17-15-28)23(24-4)25-13-12-21-18(2)26-27(5)19(21)3/h7-11,22H,6,12-17H2,1-5H3,(H,24,25). The fourth-order valence-electron chi connectivity index (χ4n) is 4.44. The van der Waals surface area contributed by atoms with E-state index in [2.05, 4.69) is 76.3 Å². The molecule has 0 bridgehead atoms. The lowest BCUT2D eigenvalue weighted by molar-refractivity contribution is 0.127. The van der Waals surface area contributed by atoms with Crippen LogP contribution in [0.5, 0.6) is 0 Å².